The van der Waals surface area contributed by atoms with Gasteiger partial charge >= 0.3 is 0 Å². The summed E-state index contributed by atoms with van der Waals surface area (Å²) in [4.78, 5) is 0. The second-order valence-corrected chi connectivity index (χ2v) is 6.34. The summed E-state index contributed by atoms with van der Waals surface area (Å²) in [7, 11) is 0. The molecule has 116 valence electrons. The SMILES string of the molecule is C1=C\CCCCCCCCCCC/C=C/CCCCC/1. The summed E-state index contributed by atoms with van der Waals surface area (Å²) in [6.07, 6.45) is 32.0. The van der Waals surface area contributed by atoms with Crippen LogP contribution in [0.25, 0.3) is 0 Å². The van der Waals surface area contributed by atoms with Crippen molar-refractivity contribution in [2.75, 3.05) is 0 Å². The molecule has 0 atom stereocenters. The summed E-state index contributed by atoms with van der Waals surface area (Å²) < 4.78 is 0. The van der Waals surface area contributed by atoms with Gasteiger partial charge in [-0.05, 0) is 51.4 Å². The molecule has 20 heavy (non-hydrogen) atoms. The normalized spacial score (nSPS) is 25.6. The first-order chi connectivity index (χ1) is 10.0. The fourth-order valence-electron chi connectivity index (χ4n) is 2.93. The second-order valence-electron chi connectivity index (χ2n) is 6.34. The Hall–Kier alpha value is -0.520. The Kier molecular flexibility index (Phi) is 13.0. The van der Waals surface area contributed by atoms with E-state index in [2.05, 4.69) is 24.3 Å². The maximum absolute atomic E-state index is 2.41. The minimum atomic E-state index is 1.30. The lowest BCUT2D eigenvalue weighted by atomic mass is 10.0. The largest absolute Gasteiger partial charge is 0.0885 e. The molecule has 0 spiro atoms. The van der Waals surface area contributed by atoms with E-state index in [0.717, 1.165) is 0 Å². The molecule has 1 rings (SSSR count). The summed E-state index contributed by atoms with van der Waals surface area (Å²) in [5, 5.41) is 0. The smallest absolute Gasteiger partial charge is 0.0351 e. The molecule has 0 bridgehead atoms. The third-order valence-corrected chi connectivity index (χ3v) is 4.32. The van der Waals surface area contributed by atoms with E-state index in [-0.39, 0.29) is 0 Å². The fraction of sp³-hybridized carbons (Fsp3) is 0.800. The van der Waals surface area contributed by atoms with E-state index < -0.39 is 0 Å². The van der Waals surface area contributed by atoms with Crippen molar-refractivity contribution in [3.63, 3.8) is 0 Å². The molecule has 0 N–H and O–H groups in total. The zero-order chi connectivity index (χ0) is 14.1. The van der Waals surface area contributed by atoms with Crippen LogP contribution >= 0.6 is 0 Å². The van der Waals surface area contributed by atoms with Crippen LogP contribution in [0.3, 0.4) is 0 Å². The highest BCUT2D eigenvalue weighted by Crippen LogP contribution is 2.12. The average Bonchev–Trinajstić information content (AvgIpc) is 2.46. The Balaban J connectivity index is 2.11. The van der Waals surface area contributed by atoms with Gasteiger partial charge in [-0.1, -0.05) is 75.7 Å². The van der Waals surface area contributed by atoms with Gasteiger partial charge in [0.25, 0.3) is 0 Å². The lowest BCUT2D eigenvalue weighted by Crippen LogP contribution is -1.82. The molecule has 0 fully saturated rings. The molecule has 0 nitrogen and oxygen atoms in total. The van der Waals surface area contributed by atoms with Crippen molar-refractivity contribution in [1.29, 1.82) is 0 Å². The van der Waals surface area contributed by atoms with Crippen LogP contribution in [-0.2, 0) is 0 Å². The Bertz CT molecular complexity index is 212. The minimum absolute atomic E-state index is 1.30. The topological polar surface area (TPSA) is 0 Å². The van der Waals surface area contributed by atoms with Gasteiger partial charge < -0.3 is 0 Å². The van der Waals surface area contributed by atoms with E-state index >= 15 is 0 Å². The van der Waals surface area contributed by atoms with E-state index in [4.69, 9.17) is 0 Å². The Labute approximate surface area is 127 Å². The van der Waals surface area contributed by atoms with Gasteiger partial charge in [-0.2, -0.15) is 0 Å². The molecule has 0 amide bonds. The van der Waals surface area contributed by atoms with Crippen LogP contribution in [-0.4, -0.2) is 0 Å². The lowest BCUT2D eigenvalue weighted by Gasteiger charge is -2.02. The van der Waals surface area contributed by atoms with Crippen LogP contribution in [0.1, 0.15) is 103 Å². The quantitative estimate of drug-likeness (QED) is 0.405. The van der Waals surface area contributed by atoms with Gasteiger partial charge in [0, 0.05) is 0 Å². The minimum Gasteiger partial charge on any atom is -0.0885 e. The monoisotopic (exact) mass is 276 g/mol. The molecule has 0 unspecified atom stereocenters. The highest BCUT2D eigenvalue weighted by atomic mass is 14.0. The molecular weight excluding hydrogens is 240 g/mol. The lowest BCUT2D eigenvalue weighted by molar-refractivity contribution is 0.561. The van der Waals surface area contributed by atoms with Crippen molar-refractivity contribution in [2.45, 2.75) is 103 Å². The van der Waals surface area contributed by atoms with Crippen molar-refractivity contribution in [3.8, 4) is 0 Å². The molecule has 0 radical (unpaired) electrons. The molecule has 0 aliphatic heterocycles. The zero-order valence-corrected chi connectivity index (χ0v) is 13.6. The maximum atomic E-state index is 2.41. The van der Waals surface area contributed by atoms with Crippen LogP contribution in [0.15, 0.2) is 24.3 Å². The molecule has 0 saturated heterocycles. The number of hydrogen-bond acceptors (Lipinski definition) is 0. The van der Waals surface area contributed by atoms with Crippen LogP contribution in [0.5, 0.6) is 0 Å². The highest BCUT2D eigenvalue weighted by molar-refractivity contribution is 4.83. The first kappa shape index (κ1) is 17.5. The van der Waals surface area contributed by atoms with Gasteiger partial charge in [0.05, 0.1) is 0 Å². The van der Waals surface area contributed by atoms with Crippen molar-refractivity contribution >= 4 is 0 Å². The Morgan fingerprint density at radius 2 is 0.450 bits per heavy atom. The van der Waals surface area contributed by atoms with Gasteiger partial charge in [-0.25, -0.2) is 0 Å². The van der Waals surface area contributed by atoms with Gasteiger partial charge in [-0.3, -0.25) is 0 Å². The van der Waals surface area contributed by atoms with Gasteiger partial charge in [0.1, 0.15) is 0 Å². The van der Waals surface area contributed by atoms with Gasteiger partial charge in [0.15, 0.2) is 0 Å². The Morgan fingerprint density at radius 3 is 0.750 bits per heavy atom. The third kappa shape index (κ3) is 12.5. The molecule has 0 saturated carbocycles. The van der Waals surface area contributed by atoms with Crippen molar-refractivity contribution in [2.24, 2.45) is 0 Å². The van der Waals surface area contributed by atoms with E-state index in [1.165, 1.54) is 103 Å². The molecule has 1 aliphatic rings. The number of allylic oxidation sites excluding steroid dienone is 4. The summed E-state index contributed by atoms with van der Waals surface area (Å²) in [5.74, 6) is 0. The average molecular weight is 277 g/mol. The first-order valence-electron chi connectivity index (χ1n) is 9.30. The van der Waals surface area contributed by atoms with Gasteiger partial charge in [-0.15, -0.1) is 0 Å². The van der Waals surface area contributed by atoms with Crippen LogP contribution in [0, 0.1) is 0 Å². The molecule has 1 aliphatic carbocycles. The molecule has 0 aromatic carbocycles. The summed E-state index contributed by atoms with van der Waals surface area (Å²) >= 11 is 0. The van der Waals surface area contributed by atoms with Crippen LogP contribution in [0.4, 0.5) is 0 Å². The molecule has 0 aromatic heterocycles. The maximum Gasteiger partial charge on any atom is -0.0351 e. The Morgan fingerprint density at radius 1 is 0.250 bits per heavy atom. The third-order valence-electron chi connectivity index (χ3n) is 4.32. The summed E-state index contributed by atoms with van der Waals surface area (Å²) in [5.41, 5.74) is 0. The first-order valence-corrected chi connectivity index (χ1v) is 9.30. The zero-order valence-electron chi connectivity index (χ0n) is 13.6. The van der Waals surface area contributed by atoms with Crippen LogP contribution < -0.4 is 0 Å². The van der Waals surface area contributed by atoms with Crippen molar-refractivity contribution in [3.05, 3.63) is 24.3 Å². The predicted octanol–water partition coefficient (Wildman–Crippen LogP) is 7.35. The van der Waals surface area contributed by atoms with E-state index in [1.807, 2.05) is 0 Å². The van der Waals surface area contributed by atoms with Crippen molar-refractivity contribution < 1.29 is 0 Å². The van der Waals surface area contributed by atoms with E-state index in [1.54, 1.807) is 0 Å². The fourth-order valence-corrected chi connectivity index (χ4v) is 2.93. The van der Waals surface area contributed by atoms with Crippen LogP contribution in [0.2, 0.25) is 0 Å². The molecule has 0 heteroatoms. The van der Waals surface area contributed by atoms with E-state index in [0.29, 0.717) is 0 Å². The van der Waals surface area contributed by atoms with Gasteiger partial charge in [0.2, 0.25) is 0 Å². The van der Waals surface area contributed by atoms with Crippen molar-refractivity contribution in [1.82, 2.24) is 0 Å². The predicted molar refractivity (Wildman–Crippen MR) is 92.2 cm³/mol. The standard InChI is InChI=1S/C20H36/c1-2-4-6-8-10-12-14-16-18-20-19-17-15-13-11-9-7-5-3-1/h1-2,13,15H,3-12,14,16-20H2/b2-1-,15-13+. The molecule has 0 aromatic rings. The highest BCUT2D eigenvalue weighted by Gasteiger charge is 1.93. The number of hydrogen-bond donors (Lipinski definition) is 0. The summed E-state index contributed by atoms with van der Waals surface area (Å²) in [6, 6.07) is 0. The van der Waals surface area contributed by atoms with E-state index in [9.17, 15) is 0 Å². The second kappa shape index (κ2) is 14.9. The summed E-state index contributed by atoms with van der Waals surface area (Å²) in [6.45, 7) is 0. The molecule has 0 heterocycles. The molecular formula is C20H36. The number of rotatable bonds is 0.